The normalized spacial score (nSPS) is 18.3. The highest BCUT2D eigenvalue weighted by molar-refractivity contribution is 5.89. The minimum Gasteiger partial charge on any atom is -0.465 e. The Kier molecular flexibility index (Phi) is 8.39. The van der Waals surface area contributed by atoms with Crippen LogP contribution in [0, 0.1) is 0 Å². The van der Waals surface area contributed by atoms with Crippen LogP contribution in [-0.2, 0) is 9.59 Å². The predicted molar refractivity (Wildman–Crippen MR) is 86.1 cm³/mol. The van der Waals surface area contributed by atoms with Crippen LogP contribution in [-0.4, -0.2) is 66.2 Å². The molecule has 8 nitrogen and oxygen atoms in total. The summed E-state index contributed by atoms with van der Waals surface area (Å²) in [7, 11) is 0. The number of amides is 3. The fourth-order valence-corrected chi connectivity index (χ4v) is 2.70. The number of hydrogen-bond acceptors (Lipinski definition) is 4. The molecule has 1 aliphatic rings. The number of carboxylic acid groups (broad SMARTS) is 1. The summed E-state index contributed by atoms with van der Waals surface area (Å²) < 4.78 is 0. The molecule has 1 saturated heterocycles. The molecule has 0 spiro atoms. The first kappa shape index (κ1) is 19.2. The van der Waals surface area contributed by atoms with E-state index >= 15 is 0 Å². The Bertz CT molecular complexity index is 406. The Morgan fingerprint density at radius 1 is 1.30 bits per heavy atom. The van der Waals surface area contributed by atoms with Crippen LogP contribution < -0.4 is 16.0 Å². The minimum absolute atomic E-state index is 0.114. The van der Waals surface area contributed by atoms with Crippen molar-refractivity contribution in [2.45, 2.75) is 51.6 Å². The maximum atomic E-state index is 12.5. The van der Waals surface area contributed by atoms with Gasteiger partial charge in [0.25, 0.3) is 0 Å². The maximum Gasteiger partial charge on any atom is 0.404 e. The molecule has 0 aromatic heterocycles. The van der Waals surface area contributed by atoms with E-state index < -0.39 is 12.1 Å². The first-order valence-electron chi connectivity index (χ1n) is 8.28. The second kappa shape index (κ2) is 10.0. The van der Waals surface area contributed by atoms with Gasteiger partial charge in [0, 0.05) is 19.6 Å². The van der Waals surface area contributed by atoms with Crippen LogP contribution in [0.4, 0.5) is 4.79 Å². The molecule has 2 atom stereocenters. The third-order valence-electron chi connectivity index (χ3n) is 4.01. The van der Waals surface area contributed by atoms with Crippen LogP contribution in [0.3, 0.4) is 0 Å². The molecule has 1 unspecified atom stereocenters. The van der Waals surface area contributed by atoms with Crippen LogP contribution in [0.25, 0.3) is 0 Å². The zero-order chi connectivity index (χ0) is 17.2. The van der Waals surface area contributed by atoms with E-state index in [0.29, 0.717) is 25.9 Å². The second-order valence-electron chi connectivity index (χ2n) is 5.59. The quantitative estimate of drug-likeness (QED) is 0.450. The highest BCUT2D eigenvalue weighted by atomic mass is 16.4. The Balaban J connectivity index is 2.60. The van der Waals surface area contributed by atoms with Crippen LogP contribution >= 0.6 is 0 Å². The third kappa shape index (κ3) is 6.43. The summed E-state index contributed by atoms with van der Waals surface area (Å²) in [5, 5.41) is 16.8. The summed E-state index contributed by atoms with van der Waals surface area (Å²) in [5.74, 6) is -0.268. The first-order chi connectivity index (χ1) is 11.0. The lowest BCUT2D eigenvalue weighted by molar-refractivity contribution is -0.136. The summed E-state index contributed by atoms with van der Waals surface area (Å²) in [6.45, 7) is 6.02. The number of likely N-dealkylation sites (N-methyl/N-ethyl adjacent to an activating group) is 1. The Morgan fingerprint density at radius 2 is 2.00 bits per heavy atom. The van der Waals surface area contributed by atoms with Crippen LogP contribution in [0.15, 0.2) is 0 Å². The molecule has 8 heteroatoms. The molecule has 0 bridgehead atoms. The summed E-state index contributed by atoms with van der Waals surface area (Å²) >= 11 is 0. The molecule has 0 saturated carbocycles. The molecular formula is C15H28N4O4. The van der Waals surface area contributed by atoms with E-state index in [-0.39, 0.29) is 24.4 Å². The zero-order valence-electron chi connectivity index (χ0n) is 13.9. The SMILES string of the molecule is CCN(CC)C(=O)C(CCCNC(=O)O)NC(=O)[C@@H]1CCCN1. The van der Waals surface area contributed by atoms with Gasteiger partial charge >= 0.3 is 6.09 Å². The van der Waals surface area contributed by atoms with E-state index in [4.69, 9.17) is 5.11 Å². The van der Waals surface area contributed by atoms with Crippen molar-refractivity contribution < 1.29 is 19.5 Å². The van der Waals surface area contributed by atoms with Crippen LogP contribution in [0.1, 0.15) is 39.5 Å². The molecule has 0 aliphatic carbocycles. The van der Waals surface area contributed by atoms with E-state index in [9.17, 15) is 14.4 Å². The summed E-state index contributed by atoms with van der Waals surface area (Å²) in [4.78, 5) is 36.9. The highest BCUT2D eigenvalue weighted by Crippen LogP contribution is 2.08. The van der Waals surface area contributed by atoms with E-state index in [1.54, 1.807) is 4.90 Å². The van der Waals surface area contributed by atoms with Gasteiger partial charge in [-0.25, -0.2) is 4.79 Å². The lowest BCUT2D eigenvalue weighted by Crippen LogP contribution is -2.52. The van der Waals surface area contributed by atoms with Gasteiger partial charge in [0.05, 0.1) is 6.04 Å². The second-order valence-corrected chi connectivity index (χ2v) is 5.59. The van der Waals surface area contributed by atoms with E-state index in [2.05, 4.69) is 16.0 Å². The lowest BCUT2D eigenvalue weighted by Gasteiger charge is -2.27. The standard InChI is InChI=1S/C15H28N4O4/c1-3-19(4-2)14(21)12(8-6-10-17-15(22)23)18-13(20)11-7-5-9-16-11/h11-12,16-17H,3-10H2,1-2H3,(H,18,20)(H,22,23)/t11-,12?/m0/s1. The van der Waals surface area contributed by atoms with Gasteiger partial charge in [-0.3, -0.25) is 9.59 Å². The number of nitrogens with one attached hydrogen (secondary N) is 3. The number of carbonyl (C=O) groups excluding carboxylic acids is 2. The predicted octanol–water partition coefficient (Wildman–Crippen LogP) is 0.139. The summed E-state index contributed by atoms with van der Waals surface area (Å²) in [5.41, 5.74) is 0. The van der Waals surface area contributed by atoms with Crippen molar-refractivity contribution in [3.8, 4) is 0 Å². The molecule has 1 fully saturated rings. The Labute approximate surface area is 137 Å². The molecule has 3 amide bonds. The smallest absolute Gasteiger partial charge is 0.404 e. The molecule has 1 aliphatic heterocycles. The van der Waals surface area contributed by atoms with Gasteiger partial charge in [-0.05, 0) is 46.1 Å². The zero-order valence-corrected chi connectivity index (χ0v) is 13.9. The van der Waals surface area contributed by atoms with E-state index in [1.165, 1.54) is 0 Å². The van der Waals surface area contributed by atoms with Crippen molar-refractivity contribution in [1.82, 2.24) is 20.9 Å². The molecule has 0 aromatic carbocycles. The van der Waals surface area contributed by atoms with E-state index in [1.807, 2.05) is 13.8 Å². The molecule has 1 rings (SSSR count). The van der Waals surface area contributed by atoms with Crippen molar-refractivity contribution in [2.75, 3.05) is 26.2 Å². The molecule has 0 aromatic rings. The molecule has 132 valence electrons. The van der Waals surface area contributed by atoms with Gasteiger partial charge in [-0.2, -0.15) is 0 Å². The number of nitrogens with zero attached hydrogens (tertiary/aromatic N) is 1. The largest absolute Gasteiger partial charge is 0.465 e. The first-order valence-corrected chi connectivity index (χ1v) is 8.28. The van der Waals surface area contributed by atoms with Gasteiger partial charge in [-0.1, -0.05) is 0 Å². The number of carbonyl (C=O) groups is 3. The summed E-state index contributed by atoms with van der Waals surface area (Å²) in [6.07, 6.45) is 1.54. The summed E-state index contributed by atoms with van der Waals surface area (Å²) in [6, 6.07) is -0.848. The minimum atomic E-state index is -1.09. The van der Waals surface area contributed by atoms with Gasteiger partial charge in [-0.15, -0.1) is 0 Å². The van der Waals surface area contributed by atoms with Crippen molar-refractivity contribution in [2.24, 2.45) is 0 Å². The topological polar surface area (TPSA) is 111 Å². The van der Waals surface area contributed by atoms with Gasteiger partial charge in [0.15, 0.2) is 0 Å². The van der Waals surface area contributed by atoms with Crippen molar-refractivity contribution >= 4 is 17.9 Å². The number of rotatable bonds is 9. The highest BCUT2D eigenvalue weighted by Gasteiger charge is 2.28. The van der Waals surface area contributed by atoms with Crippen molar-refractivity contribution in [1.29, 1.82) is 0 Å². The maximum absolute atomic E-state index is 12.5. The van der Waals surface area contributed by atoms with Gasteiger partial charge in [0.2, 0.25) is 11.8 Å². The average molecular weight is 328 g/mol. The lowest BCUT2D eigenvalue weighted by atomic mass is 10.1. The Morgan fingerprint density at radius 3 is 2.52 bits per heavy atom. The third-order valence-corrected chi connectivity index (χ3v) is 4.01. The molecule has 4 N–H and O–H groups in total. The fraction of sp³-hybridized carbons (Fsp3) is 0.800. The average Bonchev–Trinajstić information content (AvgIpc) is 3.05. The Hall–Kier alpha value is -1.83. The molecule has 23 heavy (non-hydrogen) atoms. The monoisotopic (exact) mass is 328 g/mol. The van der Waals surface area contributed by atoms with Crippen LogP contribution in [0.5, 0.6) is 0 Å². The molecule has 0 radical (unpaired) electrons. The molecular weight excluding hydrogens is 300 g/mol. The fourth-order valence-electron chi connectivity index (χ4n) is 2.70. The molecule has 1 heterocycles. The van der Waals surface area contributed by atoms with Gasteiger partial charge < -0.3 is 26.0 Å². The van der Waals surface area contributed by atoms with E-state index in [0.717, 1.165) is 19.4 Å². The van der Waals surface area contributed by atoms with Crippen molar-refractivity contribution in [3.05, 3.63) is 0 Å². The van der Waals surface area contributed by atoms with Gasteiger partial charge in [0.1, 0.15) is 6.04 Å². The number of hydrogen-bond donors (Lipinski definition) is 4. The van der Waals surface area contributed by atoms with Crippen molar-refractivity contribution in [3.63, 3.8) is 0 Å². The van der Waals surface area contributed by atoms with Crippen LogP contribution in [0.2, 0.25) is 0 Å².